The third-order valence-electron chi connectivity index (χ3n) is 5.69. The predicted octanol–water partition coefficient (Wildman–Crippen LogP) is 3.55. The molecule has 0 spiro atoms. The van der Waals surface area contributed by atoms with Gasteiger partial charge in [-0.1, -0.05) is 24.3 Å². The van der Waals surface area contributed by atoms with Crippen molar-refractivity contribution in [1.82, 2.24) is 15.4 Å². The van der Waals surface area contributed by atoms with E-state index in [-0.39, 0.29) is 11.4 Å². The molecule has 0 radical (unpaired) electrons. The number of pyridine rings is 1. The molecule has 0 bridgehead atoms. The molecule has 0 aliphatic rings. The minimum absolute atomic E-state index is 0.0504. The van der Waals surface area contributed by atoms with Gasteiger partial charge in [-0.2, -0.15) is 0 Å². The Morgan fingerprint density at radius 2 is 1.54 bits per heavy atom. The number of carbonyl (C=O) groups is 2. The van der Waals surface area contributed by atoms with Crippen molar-refractivity contribution in [2.75, 3.05) is 14.2 Å². The van der Waals surface area contributed by atoms with Gasteiger partial charge in [-0.15, -0.1) is 5.06 Å². The molecule has 35 heavy (non-hydrogen) atoms. The monoisotopic (exact) mass is 485 g/mol. The van der Waals surface area contributed by atoms with Gasteiger partial charge in [-0.25, -0.2) is 18.6 Å². The van der Waals surface area contributed by atoms with Crippen LogP contribution >= 0.6 is 0 Å². The third kappa shape index (κ3) is 5.38. The van der Waals surface area contributed by atoms with Crippen LogP contribution in [0.15, 0.2) is 60.8 Å². The van der Waals surface area contributed by atoms with E-state index in [1.54, 1.807) is 6.92 Å². The van der Waals surface area contributed by atoms with Crippen LogP contribution in [-0.4, -0.2) is 47.2 Å². The zero-order chi connectivity index (χ0) is 25.8. The number of methoxy groups -OCH3 is 1. The fourth-order valence-electron chi connectivity index (χ4n) is 3.48. The summed E-state index contributed by atoms with van der Waals surface area (Å²) in [4.78, 5) is 34.8. The molecule has 184 valence electrons. The molecule has 10 heteroatoms. The van der Waals surface area contributed by atoms with Crippen LogP contribution in [0.2, 0.25) is 0 Å². The first kappa shape index (κ1) is 25.6. The van der Waals surface area contributed by atoms with Crippen molar-refractivity contribution in [3.8, 4) is 11.5 Å². The van der Waals surface area contributed by atoms with Gasteiger partial charge in [0, 0.05) is 19.3 Å². The zero-order valence-corrected chi connectivity index (χ0v) is 19.6. The molecule has 0 aliphatic carbocycles. The molecular formula is C25H25F2N3O5. The largest absolute Gasteiger partial charge is 0.503 e. The topological polar surface area (TPSA) is 101 Å². The highest BCUT2D eigenvalue weighted by Gasteiger charge is 2.37. The highest BCUT2D eigenvalue weighted by Crippen LogP contribution is 2.35. The van der Waals surface area contributed by atoms with Crippen molar-refractivity contribution >= 4 is 11.9 Å². The molecule has 0 aliphatic heterocycles. The lowest BCUT2D eigenvalue weighted by atomic mass is 9.84. The van der Waals surface area contributed by atoms with Gasteiger partial charge in [0.15, 0.2) is 17.2 Å². The Hall–Kier alpha value is -4.05. The number of nitrogens with zero attached hydrogens (tertiary/aromatic N) is 2. The number of aromatic hydroxyl groups is 1. The van der Waals surface area contributed by atoms with E-state index in [0.29, 0.717) is 11.1 Å². The highest BCUT2D eigenvalue weighted by atomic mass is 19.1. The summed E-state index contributed by atoms with van der Waals surface area (Å²) >= 11 is 0. The Bertz CT molecular complexity index is 1160. The molecule has 2 aromatic carbocycles. The van der Waals surface area contributed by atoms with E-state index in [2.05, 4.69) is 10.3 Å². The SMILES string of the molecule is COc1ccnc(C(=O)N[C@@H](C)C(=O)ON(C)C(C)(c2ccc(F)cc2)c2ccc(F)cc2)c1O. The molecule has 1 aromatic heterocycles. The Morgan fingerprint density at radius 3 is 2.03 bits per heavy atom. The maximum absolute atomic E-state index is 13.6. The number of ether oxygens (including phenoxy) is 1. The number of nitrogens with one attached hydrogen (secondary N) is 1. The Labute approximate surface area is 201 Å². The zero-order valence-electron chi connectivity index (χ0n) is 19.6. The second-order valence-corrected chi connectivity index (χ2v) is 7.90. The molecule has 1 atom stereocenters. The van der Waals surface area contributed by atoms with Crippen molar-refractivity contribution in [3.63, 3.8) is 0 Å². The van der Waals surface area contributed by atoms with E-state index in [1.165, 1.54) is 86.9 Å². The van der Waals surface area contributed by atoms with E-state index < -0.39 is 40.8 Å². The lowest BCUT2D eigenvalue weighted by Crippen LogP contribution is -2.48. The molecule has 1 heterocycles. The normalized spacial score (nSPS) is 12.2. The maximum Gasteiger partial charge on any atom is 0.347 e. The van der Waals surface area contributed by atoms with Crippen LogP contribution in [-0.2, 0) is 15.2 Å². The molecule has 0 saturated heterocycles. The van der Waals surface area contributed by atoms with Crippen molar-refractivity contribution in [3.05, 3.63) is 89.2 Å². The summed E-state index contributed by atoms with van der Waals surface area (Å²) in [5.74, 6) is -2.94. The van der Waals surface area contributed by atoms with Crippen LogP contribution in [0.3, 0.4) is 0 Å². The smallest absolute Gasteiger partial charge is 0.347 e. The number of benzene rings is 2. The molecule has 1 amide bonds. The summed E-state index contributed by atoms with van der Waals surface area (Å²) in [7, 11) is 2.82. The van der Waals surface area contributed by atoms with Crippen molar-refractivity contribution in [1.29, 1.82) is 0 Å². The van der Waals surface area contributed by atoms with Gasteiger partial charge < -0.3 is 20.0 Å². The summed E-state index contributed by atoms with van der Waals surface area (Å²) in [6, 6.07) is 11.4. The molecular weight excluding hydrogens is 460 g/mol. The number of carbonyl (C=O) groups excluding carboxylic acids is 2. The summed E-state index contributed by atoms with van der Waals surface area (Å²) < 4.78 is 32.1. The Balaban J connectivity index is 1.82. The summed E-state index contributed by atoms with van der Waals surface area (Å²) in [6.07, 6.45) is 1.28. The summed E-state index contributed by atoms with van der Waals surface area (Å²) in [5, 5.41) is 13.8. The van der Waals surface area contributed by atoms with Gasteiger partial charge in [0.05, 0.1) is 7.11 Å². The first-order valence-electron chi connectivity index (χ1n) is 10.6. The van der Waals surface area contributed by atoms with Gasteiger partial charge in [0.2, 0.25) is 0 Å². The van der Waals surface area contributed by atoms with Crippen molar-refractivity contribution < 1.29 is 33.1 Å². The second-order valence-electron chi connectivity index (χ2n) is 7.90. The van der Waals surface area contributed by atoms with Gasteiger partial charge in [0.25, 0.3) is 5.91 Å². The van der Waals surface area contributed by atoms with Crippen LogP contribution in [0.25, 0.3) is 0 Å². The predicted molar refractivity (Wildman–Crippen MR) is 122 cm³/mol. The van der Waals surface area contributed by atoms with E-state index in [9.17, 15) is 23.5 Å². The van der Waals surface area contributed by atoms with Crippen LogP contribution in [0.5, 0.6) is 11.5 Å². The molecule has 3 rings (SSSR count). The second kappa shape index (κ2) is 10.5. The van der Waals surface area contributed by atoms with Crippen molar-refractivity contribution in [2.24, 2.45) is 0 Å². The van der Waals surface area contributed by atoms with Crippen molar-refractivity contribution in [2.45, 2.75) is 25.4 Å². The summed E-state index contributed by atoms with van der Waals surface area (Å²) in [6.45, 7) is 3.13. The van der Waals surface area contributed by atoms with Crippen LogP contribution < -0.4 is 10.1 Å². The lowest BCUT2D eigenvalue weighted by molar-refractivity contribution is -0.207. The average Bonchev–Trinajstić information content (AvgIpc) is 2.84. The molecule has 8 nitrogen and oxygen atoms in total. The number of aromatic nitrogens is 1. The van der Waals surface area contributed by atoms with Gasteiger partial charge in [-0.3, -0.25) is 4.79 Å². The number of rotatable bonds is 8. The van der Waals surface area contributed by atoms with Gasteiger partial charge >= 0.3 is 5.97 Å². The van der Waals surface area contributed by atoms with E-state index >= 15 is 0 Å². The molecule has 2 N–H and O–H groups in total. The van der Waals surface area contributed by atoms with E-state index in [1.807, 2.05) is 0 Å². The fraction of sp³-hybridized carbons (Fsp3) is 0.240. The maximum atomic E-state index is 13.6. The summed E-state index contributed by atoms with van der Waals surface area (Å²) in [5.41, 5.74) is -0.307. The first-order valence-corrected chi connectivity index (χ1v) is 10.6. The molecule has 0 fully saturated rings. The van der Waals surface area contributed by atoms with Crippen LogP contribution in [0.1, 0.15) is 35.5 Å². The van der Waals surface area contributed by atoms with Crippen LogP contribution in [0, 0.1) is 11.6 Å². The number of amides is 1. The standard InChI is InChI=1S/C25H25F2N3O5/c1-15(29-23(32)21-22(31)20(34-4)13-14-28-21)24(33)35-30(3)25(2,16-5-9-18(26)10-6-16)17-7-11-19(27)12-8-17/h5-15,31H,1-4H3,(H,29,32)/t15-/m0/s1. The highest BCUT2D eigenvalue weighted by molar-refractivity contribution is 5.97. The first-order chi connectivity index (χ1) is 16.6. The fourth-order valence-corrected chi connectivity index (χ4v) is 3.48. The number of halogens is 2. The molecule has 0 saturated carbocycles. The third-order valence-corrected chi connectivity index (χ3v) is 5.69. The lowest BCUT2D eigenvalue weighted by Gasteiger charge is -2.38. The number of hydroxylamine groups is 2. The van der Waals surface area contributed by atoms with Gasteiger partial charge in [0.1, 0.15) is 23.2 Å². The van der Waals surface area contributed by atoms with E-state index in [0.717, 1.165) is 0 Å². The van der Waals surface area contributed by atoms with E-state index in [4.69, 9.17) is 9.57 Å². The quantitative estimate of drug-likeness (QED) is 0.471. The number of hydrogen-bond acceptors (Lipinski definition) is 7. The molecule has 0 unspecified atom stereocenters. The number of hydrogen-bond donors (Lipinski definition) is 2. The Morgan fingerprint density at radius 1 is 1.03 bits per heavy atom. The molecule has 3 aromatic rings. The van der Waals surface area contributed by atoms with Gasteiger partial charge in [-0.05, 0) is 49.2 Å². The minimum Gasteiger partial charge on any atom is -0.503 e. The minimum atomic E-state index is -1.14. The average molecular weight is 485 g/mol. The Kier molecular flexibility index (Phi) is 7.65. The van der Waals surface area contributed by atoms with Crippen LogP contribution in [0.4, 0.5) is 8.78 Å².